The summed E-state index contributed by atoms with van der Waals surface area (Å²) >= 11 is 5.04. The molecule has 2 aromatic carbocycles. The van der Waals surface area contributed by atoms with E-state index in [9.17, 15) is 21.6 Å². The van der Waals surface area contributed by atoms with Crippen molar-refractivity contribution < 1.29 is 21.6 Å². The van der Waals surface area contributed by atoms with Gasteiger partial charge in [0.15, 0.2) is 5.11 Å². The van der Waals surface area contributed by atoms with Crippen molar-refractivity contribution in [2.24, 2.45) is 5.14 Å². The number of benzene rings is 2. The van der Waals surface area contributed by atoms with E-state index < -0.39 is 21.8 Å². The second kappa shape index (κ2) is 6.75. The second-order valence-corrected chi connectivity index (χ2v) is 6.69. The molecule has 0 heterocycles. The summed E-state index contributed by atoms with van der Waals surface area (Å²) in [5.74, 6) is 0. The number of rotatable bonds is 3. The minimum absolute atomic E-state index is 0.0466. The number of nitrogens with two attached hydrogens (primary N) is 1. The van der Waals surface area contributed by atoms with Gasteiger partial charge in [-0.05, 0) is 60.7 Å². The van der Waals surface area contributed by atoms with Gasteiger partial charge in [-0.1, -0.05) is 0 Å². The predicted molar refractivity (Wildman–Crippen MR) is 89.1 cm³/mol. The Morgan fingerprint density at radius 3 is 1.71 bits per heavy atom. The van der Waals surface area contributed by atoms with Gasteiger partial charge in [-0.15, -0.1) is 0 Å². The van der Waals surface area contributed by atoms with Gasteiger partial charge in [0.1, 0.15) is 0 Å². The fourth-order valence-corrected chi connectivity index (χ4v) is 2.52. The summed E-state index contributed by atoms with van der Waals surface area (Å²) in [6.07, 6.45) is -4.40. The van der Waals surface area contributed by atoms with Crippen molar-refractivity contribution >= 4 is 38.7 Å². The molecule has 128 valence electrons. The molecule has 0 unspecified atom stereocenters. The van der Waals surface area contributed by atoms with Crippen LogP contribution in [0.15, 0.2) is 53.4 Å². The van der Waals surface area contributed by atoms with Crippen LogP contribution in [0.25, 0.3) is 0 Å². The van der Waals surface area contributed by atoms with Crippen LogP contribution >= 0.6 is 12.2 Å². The van der Waals surface area contributed by atoms with Crippen LogP contribution in [0, 0.1) is 0 Å². The zero-order valence-corrected chi connectivity index (χ0v) is 13.6. The molecule has 0 amide bonds. The van der Waals surface area contributed by atoms with Crippen LogP contribution in [-0.4, -0.2) is 13.5 Å². The highest BCUT2D eigenvalue weighted by atomic mass is 32.2. The molecule has 0 atom stereocenters. The molecule has 0 saturated carbocycles. The number of sulfonamides is 1. The third-order valence-electron chi connectivity index (χ3n) is 2.91. The average molecular weight is 375 g/mol. The summed E-state index contributed by atoms with van der Waals surface area (Å²) in [5, 5.41) is 10.6. The maximum absolute atomic E-state index is 12.5. The molecule has 0 aliphatic carbocycles. The fourth-order valence-electron chi connectivity index (χ4n) is 1.76. The van der Waals surface area contributed by atoms with Crippen LogP contribution in [-0.2, 0) is 16.2 Å². The molecule has 0 aromatic heterocycles. The quantitative estimate of drug-likeness (QED) is 0.718. The van der Waals surface area contributed by atoms with E-state index >= 15 is 0 Å². The summed E-state index contributed by atoms with van der Waals surface area (Å²) in [4.78, 5) is -0.0466. The van der Waals surface area contributed by atoms with Crippen molar-refractivity contribution in [3.63, 3.8) is 0 Å². The zero-order valence-electron chi connectivity index (χ0n) is 12.0. The molecule has 5 nitrogen and oxygen atoms in total. The first-order chi connectivity index (χ1) is 11.1. The molecule has 24 heavy (non-hydrogen) atoms. The van der Waals surface area contributed by atoms with Gasteiger partial charge in [0.2, 0.25) is 10.0 Å². The Kier molecular flexibility index (Phi) is 5.11. The van der Waals surface area contributed by atoms with E-state index in [2.05, 4.69) is 10.6 Å². The lowest BCUT2D eigenvalue weighted by molar-refractivity contribution is -0.137. The highest BCUT2D eigenvalue weighted by Gasteiger charge is 2.29. The molecule has 2 aromatic rings. The largest absolute Gasteiger partial charge is 0.416 e. The number of halogens is 3. The molecule has 0 fully saturated rings. The van der Waals surface area contributed by atoms with Crippen LogP contribution in [0.3, 0.4) is 0 Å². The Bertz CT molecular complexity index is 833. The number of hydrogen-bond acceptors (Lipinski definition) is 3. The third-order valence-corrected chi connectivity index (χ3v) is 4.04. The van der Waals surface area contributed by atoms with Crippen molar-refractivity contribution in [2.75, 3.05) is 10.6 Å². The number of nitrogens with one attached hydrogen (secondary N) is 2. The SMILES string of the molecule is NS(=O)(=O)c1ccc(NC(=S)Nc2ccc(C(F)(F)F)cc2)cc1. The molecule has 2 rings (SSSR count). The lowest BCUT2D eigenvalue weighted by Gasteiger charge is -2.12. The molecule has 10 heteroatoms. The van der Waals surface area contributed by atoms with E-state index in [4.69, 9.17) is 17.4 Å². The Hall–Kier alpha value is -2.17. The van der Waals surface area contributed by atoms with Crippen LogP contribution in [0.5, 0.6) is 0 Å². The standard InChI is InChI=1S/C14H12F3N3O2S2/c15-14(16,17)9-1-3-10(4-2-9)19-13(23)20-11-5-7-12(8-6-11)24(18,21)22/h1-8H,(H2,18,21,22)(H2,19,20,23). The lowest BCUT2D eigenvalue weighted by atomic mass is 10.2. The van der Waals surface area contributed by atoms with Crippen molar-refractivity contribution in [3.05, 3.63) is 54.1 Å². The average Bonchev–Trinajstić information content (AvgIpc) is 2.46. The van der Waals surface area contributed by atoms with Gasteiger partial charge in [-0.2, -0.15) is 13.2 Å². The Balaban J connectivity index is 2.00. The van der Waals surface area contributed by atoms with E-state index in [0.29, 0.717) is 11.4 Å². The van der Waals surface area contributed by atoms with E-state index in [1.807, 2.05) is 0 Å². The molecule has 4 N–H and O–H groups in total. The fraction of sp³-hybridized carbons (Fsp3) is 0.0714. The highest BCUT2D eigenvalue weighted by Crippen LogP contribution is 2.29. The molecule has 0 aliphatic heterocycles. The second-order valence-electron chi connectivity index (χ2n) is 4.72. The van der Waals surface area contributed by atoms with Gasteiger partial charge in [-0.3, -0.25) is 0 Å². The first-order valence-electron chi connectivity index (χ1n) is 6.44. The van der Waals surface area contributed by atoms with Crippen LogP contribution in [0.2, 0.25) is 0 Å². The maximum Gasteiger partial charge on any atom is 0.416 e. The van der Waals surface area contributed by atoms with Crippen molar-refractivity contribution in [2.45, 2.75) is 11.1 Å². The Morgan fingerprint density at radius 2 is 1.33 bits per heavy atom. The van der Waals surface area contributed by atoms with Crippen molar-refractivity contribution in [1.82, 2.24) is 0 Å². The van der Waals surface area contributed by atoms with Crippen molar-refractivity contribution in [3.8, 4) is 0 Å². The third kappa shape index (κ3) is 4.91. The topological polar surface area (TPSA) is 84.2 Å². The van der Waals surface area contributed by atoms with E-state index in [-0.39, 0.29) is 10.0 Å². The predicted octanol–water partition coefficient (Wildman–Crippen LogP) is 3.16. The lowest BCUT2D eigenvalue weighted by Crippen LogP contribution is -2.19. The van der Waals surface area contributed by atoms with Gasteiger partial charge < -0.3 is 10.6 Å². The first kappa shape index (κ1) is 18.2. The van der Waals surface area contributed by atoms with Gasteiger partial charge in [0.05, 0.1) is 10.5 Å². The number of hydrogen-bond donors (Lipinski definition) is 3. The summed E-state index contributed by atoms with van der Waals surface area (Å²) < 4.78 is 59.7. The van der Waals surface area contributed by atoms with Crippen LogP contribution in [0.4, 0.5) is 24.5 Å². The summed E-state index contributed by atoms with van der Waals surface area (Å²) in [7, 11) is -3.78. The molecule has 0 radical (unpaired) electrons. The van der Waals surface area contributed by atoms with Gasteiger partial charge >= 0.3 is 6.18 Å². The van der Waals surface area contributed by atoms with Gasteiger partial charge in [-0.25, -0.2) is 13.6 Å². The molecule has 0 saturated heterocycles. The summed E-state index contributed by atoms with van der Waals surface area (Å²) in [6, 6.07) is 9.90. The van der Waals surface area contributed by atoms with Crippen LogP contribution in [0.1, 0.15) is 5.56 Å². The summed E-state index contributed by atoms with van der Waals surface area (Å²) in [5.41, 5.74) is 0.110. The van der Waals surface area contributed by atoms with Gasteiger partial charge in [0, 0.05) is 11.4 Å². The van der Waals surface area contributed by atoms with E-state index in [1.165, 1.54) is 36.4 Å². The maximum atomic E-state index is 12.5. The van der Waals surface area contributed by atoms with E-state index in [0.717, 1.165) is 12.1 Å². The molecule has 0 spiro atoms. The monoisotopic (exact) mass is 375 g/mol. The minimum atomic E-state index is -4.40. The smallest absolute Gasteiger partial charge is 0.332 e. The van der Waals surface area contributed by atoms with Gasteiger partial charge in [0.25, 0.3) is 0 Å². The molecule has 0 bridgehead atoms. The number of primary sulfonamides is 1. The highest BCUT2D eigenvalue weighted by molar-refractivity contribution is 7.89. The minimum Gasteiger partial charge on any atom is -0.332 e. The number of thiocarbonyl (C=S) groups is 1. The number of alkyl halides is 3. The van der Waals surface area contributed by atoms with E-state index in [1.54, 1.807) is 0 Å². The molecular weight excluding hydrogens is 363 g/mol. The Labute approximate surface area is 141 Å². The van der Waals surface area contributed by atoms with Crippen molar-refractivity contribution in [1.29, 1.82) is 0 Å². The first-order valence-corrected chi connectivity index (χ1v) is 8.39. The zero-order chi connectivity index (χ0) is 18.0. The molecular formula is C14H12F3N3O2S2. The normalized spacial score (nSPS) is 11.8. The Morgan fingerprint density at radius 1 is 0.917 bits per heavy atom. The molecule has 0 aliphatic rings. The van der Waals surface area contributed by atoms with Crippen LogP contribution < -0.4 is 15.8 Å². The summed E-state index contributed by atoms with van der Waals surface area (Å²) in [6.45, 7) is 0. The number of anilines is 2.